The first kappa shape index (κ1) is 18.7. The lowest BCUT2D eigenvalue weighted by molar-refractivity contribution is -0.119. The van der Waals surface area contributed by atoms with Gasteiger partial charge in [-0.2, -0.15) is 0 Å². The van der Waals surface area contributed by atoms with Gasteiger partial charge in [0.25, 0.3) is 0 Å². The van der Waals surface area contributed by atoms with Gasteiger partial charge in [0.05, 0.1) is 5.69 Å². The first-order valence-electron chi connectivity index (χ1n) is 9.78. The predicted octanol–water partition coefficient (Wildman–Crippen LogP) is 4.51. The minimum Gasteiger partial charge on any atom is -0.308 e. The van der Waals surface area contributed by atoms with E-state index in [4.69, 9.17) is 0 Å². The molecule has 5 heteroatoms. The zero-order valence-electron chi connectivity index (χ0n) is 16.2. The van der Waals surface area contributed by atoms with Crippen molar-refractivity contribution in [3.63, 3.8) is 0 Å². The van der Waals surface area contributed by atoms with Crippen LogP contribution in [-0.2, 0) is 24.2 Å². The van der Waals surface area contributed by atoms with Gasteiger partial charge in [-0.1, -0.05) is 66.8 Å². The average molecular weight is 393 g/mol. The number of benzene rings is 2. The molecule has 4 rings (SSSR count). The SMILES string of the molecule is CCc1sc(=O)n(CC(=O)N2c3ccccc3CCC2C)c1-c1ccccc1. The maximum absolute atomic E-state index is 13.3. The number of hydrogen-bond acceptors (Lipinski definition) is 3. The van der Waals surface area contributed by atoms with Gasteiger partial charge in [0.1, 0.15) is 6.54 Å². The van der Waals surface area contributed by atoms with Crippen molar-refractivity contribution in [2.45, 2.75) is 45.7 Å². The summed E-state index contributed by atoms with van der Waals surface area (Å²) in [5, 5.41) is 0. The maximum Gasteiger partial charge on any atom is 0.308 e. The van der Waals surface area contributed by atoms with Crippen molar-refractivity contribution in [1.82, 2.24) is 4.57 Å². The lowest BCUT2D eigenvalue weighted by atomic mass is 9.96. The average Bonchev–Trinajstić information content (AvgIpc) is 3.03. The molecule has 1 atom stereocenters. The lowest BCUT2D eigenvalue weighted by Gasteiger charge is -2.35. The lowest BCUT2D eigenvalue weighted by Crippen LogP contribution is -2.44. The van der Waals surface area contributed by atoms with Gasteiger partial charge in [-0.3, -0.25) is 14.2 Å². The number of carbonyl (C=O) groups is 1. The van der Waals surface area contributed by atoms with Gasteiger partial charge in [0.15, 0.2) is 0 Å². The van der Waals surface area contributed by atoms with E-state index in [2.05, 4.69) is 13.0 Å². The van der Waals surface area contributed by atoms with Gasteiger partial charge in [0, 0.05) is 16.6 Å². The van der Waals surface area contributed by atoms with E-state index in [-0.39, 0.29) is 23.4 Å². The van der Waals surface area contributed by atoms with Crippen molar-refractivity contribution >= 4 is 22.9 Å². The van der Waals surface area contributed by atoms with Crippen molar-refractivity contribution in [2.75, 3.05) is 4.90 Å². The summed E-state index contributed by atoms with van der Waals surface area (Å²) in [4.78, 5) is 28.9. The highest BCUT2D eigenvalue weighted by Gasteiger charge is 2.29. The number of aromatic nitrogens is 1. The summed E-state index contributed by atoms with van der Waals surface area (Å²) in [5.41, 5.74) is 4.04. The second-order valence-electron chi connectivity index (χ2n) is 7.23. The fourth-order valence-electron chi connectivity index (χ4n) is 4.03. The number of nitrogens with zero attached hydrogens (tertiary/aromatic N) is 2. The zero-order valence-corrected chi connectivity index (χ0v) is 17.0. The molecule has 0 bridgehead atoms. The molecular formula is C23H24N2O2S. The van der Waals surface area contributed by atoms with E-state index in [1.165, 1.54) is 16.9 Å². The molecule has 2 heterocycles. The van der Waals surface area contributed by atoms with E-state index in [9.17, 15) is 9.59 Å². The van der Waals surface area contributed by atoms with Crippen molar-refractivity contribution in [3.05, 3.63) is 74.7 Å². The van der Waals surface area contributed by atoms with Crippen LogP contribution in [0.25, 0.3) is 11.3 Å². The van der Waals surface area contributed by atoms with E-state index in [0.717, 1.165) is 41.1 Å². The summed E-state index contributed by atoms with van der Waals surface area (Å²) in [6, 6.07) is 18.1. The third kappa shape index (κ3) is 3.31. The molecule has 1 amide bonds. The minimum absolute atomic E-state index is 0.0283. The monoisotopic (exact) mass is 392 g/mol. The summed E-state index contributed by atoms with van der Waals surface area (Å²) in [6.45, 7) is 4.20. The molecule has 0 N–H and O–H groups in total. The van der Waals surface area contributed by atoms with Crippen molar-refractivity contribution < 1.29 is 4.79 Å². The van der Waals surface area contributed by atoms with Gasteiger partial charge >= 0.3 is 4.87 Å². The Bertz CT molecular complexity index is 1050. The second-order valence-corrected chi connectivity index (χ2v) is 8.27. The summed E-state index contributed by atoms with van der Waals surface area (Å²) in [5.74, 6) is -0.0283. The minimum atomic E-state index is -0.0676. The summed E-state index contributed by atoms with van der Waals surface area (Å²) < 4.78 is 1.66. The van der Waals surface area contributed by atoms with Crippen LogP contribution in [0.5, 0.6) is 0 Å². The number of amides is 1. The van der Waals surface area contributed by atoms with Crippen molar-refractivity contribution in [3.8, 4) is 11.3 Å². The molecule has 2 aromatic carbocycles. The first-order chi connectivity index (χ1) is 13.6. The molecule has 0 radical (unpaired) electrons. The molecule has 0 fully saturated rings. The smallest absolute Gasteiger partial charge is 0.308 e. The Morgan fingerprint density at radius 3 is 2.57 bits per heavy atom. The summed E-state index contributed by atoms with van der Waals surface area (Å²) in [7, 11) is 0. The highest BCUT2D eigenvalue weighted by molar-refractivity contribution is 7.09. The summed E-state index contributed by atoms with van der Waals surface area (Å²) in [6.07, 6.45) is 2.69. The van der Waals surface area contributed by atoms with Crippen LogP contribution in [0.15, 0.2) is 59.4 Å². The molecule has 4 nitrogen and oxygen atoms in total. The number of anilines is 1. The first-order valence-corrected chi connectivity index (χ1v) is 10.6. The molecule has 0 spiro atoms. The van der Waals surface area contributed by atoms with Gasteiger partial charge in [-0.05, 0) is 43.4 Å². The molecule has 0 aliphatic carbocycles. The Hall–Kier alpha value is -2.66. The highest BCUT2D eigenvalue weighted by Crippen LogP contribution is 2.31. The number of aryl methyl sites for hydroxylation is 2. The van der Waals surface area contributed by atoms with E-state index < -0.39 is 0 Å². The highest BCUT2D eigenvalue weighted by atomic mass is 32.1. The number of thiazole rings is 1. The van der Waals surface area contributed by atoms with Gasteiger partial charge in [-0.25, -0.2) is 0 Å². The van der Waals surface area contributed by atoms with Crippen LogP contribution >= 0.6 is 11.3 Å². The van der Waals surface area contributed by atoms with E-state index in [0.29, 0.717) is 0 Å². The van der Waals surface area contributed by atoms with Gasteiger partial charge < -0.3 is 4.90 Å². The van der Waals surface area contributed by atoms with Crippen molar-refractivity contribution in [2.24, 2.45) is 0 Å². The fourth-order valence-corrected chi connectivity index (χ4v) is 4.97. The van der Waals surface area contributed by atoms with Crippen LogP contribution in [0.1, 0.15) is 30.7 Å². The molecule has 1 aliphatic rings. The number of rotatable bonds is 4. The van der Waals surface area contributed by atoms with Crippen LogP contribution in [-0.4, -0.2) is 16.5 Å². The molecule has 1 aromatic heterocycles. The number of fused-ring (bicyclic) bond motifs is 1. The molecule has 0 saturated carbocycles. The van der Waals surface area contributed by atoms with Gasteiger partial charge in [0.2, 0.25) is 5.91 Å². The number of para-hydroxylation sites is 1. The third-order valence-electron chi connectivity index (χ3n) is 5.42. The zero-order chi connectivity index (χ0) is 19.7. The van der Waals surface area contributed by atoms with Crippen LogP contribution in [0.2, 0.25) is 0 Å². The number of carbonyl (C=O) groups excluding carboxylic acids is 1. The predicted molar refractivity (Wildman–Crippen MR) is 115 cm³/mol. The van der Waals surface area contributed by atoms with Gasteiger partial charge in [-0.15, -0.1) is 0 Å². The fraction of sp³-hybridized carbons (Fsp3) is 0.304. The van der Waals surface area contributed by atoms with Crippen LogP contribution in [0.3, 0.4) is 0 Å². The Morgan fingerprint density at radius 1 is 1.11 bits per heavy atom. The second kappa shape index (κ2) is 7.76. The van der Waals surface area contributed by atoms with Crippen molar-refractivity contribution in [1.29, 1.82) is 0 Å². The molecule has 1 aliphatic heterocycles. The quantitative estimate of drug-likeness (QED) is 0.656. The molecular weight excluding hydrogens is 368 g/mol. The standard InChI is InChI=1S/C23H24N2O2S/c1-3-20-22(18-10-5-4-6-11-18)24(23(27)28-20)15-21(26)25-16(2)13-14-17-9-7-8-12-19(17)25/h4-12,16H,3,13-15H2,1-2H3. The number of hydrogen-bond donors (Lipinski definition) is 0. The Morgan fingerprint density at radius 2 is 1.82 bits per heavy atom. The largest absolute Gasteiger partial charge is 0.308 e. The molecule has 1 unspecified atom stereocenters. The van der Waals surface area contributed by atoms with Crippen LogP contribution < -0.4 is 9.77 Å². The van der Waals surface area contributed by atoms with Crippen LogP contribution in [0.4, 0.5) is 5.69 Å². The topological polar surface area (TPSA) is 42.3 Å². The Labute approximate surface area is 169 Å². The van der Waals surface area contributed by atoms with E-state index in [1.807, 2.05) is 60.4 Å². The molecule has 28 heavy (non-hydrogen) atoms. The normalized spacial score (nSPS) is 16.1. The molecule has 0 saturated heterocycles. The molecule has 144 valence electrons. The van der Waals surface area contributed by atoms with E-state index in [1.54, 1.807) is 4.57 Å². The van der Waals surface area contributed by atoms with E-state index >= 15 is 0 Å². The molecule has 3 aromatic rings. The summed E-state index contributed by atoms with van der Waals surface area (Å²) >= 11 is 1.25. The Balaban J connectivity index is 1.73. The maximum atomic E-state index is 13.3. The van der Waals surface area contributed by atoms with Crippen LogP contribution in [0, 0.1) is 0 Å². The Kier molecular flexibility index (Phi) is 5.18. The third-order valence-corrected chi connectivity index (χ3v) is 6.54.